The van der Waals surface area contributed by atoms with E-state index in [1.54, 1.807) is 0 Å². The van der Waals surface area contributed by atoms with E-state index in [0.29, 0.717) is 11.9 Å². The zero-order valence-corrected chi connectivity index (χ0v) is 8.75. The van der Waals surface area contributed by atoms with Gasteiger partial charge in [-0.3, -0.25) is 0 Å². The SMILES string of the molecule is Fc1cc(NC2CCCCCC2)ncn1. The van der Waals surface area contributed by atoms with Gasteiger partial charge in [0, 0.05) is 12.1 Å². The number of aromatic nitrogens is 2. The van der Waals surface area contributed by atoms with E-state index in [2.05, 4.69) is 15.3 Å². The van der Waals surface area contributed by atoms with Gasteiger partial charge < -0.3 is 5.32 Å². The summed E-state index contributed by atoms with van der Waals surface area (Å²) in [4.78, 5) is 7.44. The summed E-state index contributed by atoms with van der Waals surface area (Å²) in [5.41, 5.74) is 0. The summed E-state index contributed by atoms with van der Waals surface area (Å²) in [5.74, 6) is 0.135. The number of rotatable bonds is 2. The predicted molar refractivity (Wildman–Crippen MR) is 57.1 cm³/mol. The Hall–Kier alpha value is -1.19. The predicted octanol–water partition coefficient (Wildman–Crippen LogP) is 2.75. The van der Waals surface area contributed by atoms with Crippen LogP contribution in [0, 0.1) is 5.95 Å². The second-order valence-electron chi connectivity index (χ2n) is 4.06. The number of anilines is 1. The van der Waals surface area contributed by atoms with Crippen molar-refractivity contribution in [2.75, 3.05) is 5.32 Å². The zero-order chi connectivity index (χ0) is 10.5. The molecule has 3 nitrogen and oxygen atoms in total. The number of halogens is 1. The van der Waals surface area contributed by atoms with E-state index < -0.39 is 5.95 Å². The van der Waals surface area contributed by atoms with Crippen LogP contribution < -0.4 is 5.32 Å². The molecule has 0 atom stereocenters. The minimum absolute atomic E-state index is 0.446. The third-order valence-corrected chi connectivity index (χ3v) is 2.84. The third-order valence-electron chi connectivity index (χ3n) is 2.84. The maximum atomic E-state index is 12.8. The van der Waals surface area contributed by atoms with Crippen molar-refractivity contribution in [1.29, 1.82) is 0 Å². The van der Waals surface area contributed by atoms with Gasteiger partial charge in [-0.05, 0) is 12.8 Å². The van der Waals surface area contributed by atoms with Crippen LogP contribution in [0.15, 0.2) is 12.4 Å². The Morgan fingerprint density at radius 1 is 1.13 bits per heavy atom. The van der Waals surface area contributed by atoms with Crippen molar-refractivity contribution >= 4 is 5.82 Å². The van der Waals surface area contributed by atoms with E-state index in [-0.39, 0.29) is 0 Å². The van der Waals surface area contributed by atoms with E-state index in [9.17, 15) is 4.39 Å². The second kappa shape index (κ2) is 5.05. The molecule has 0 bridgehead atoms. The van der Waals surface area contributed by atoms with Crippen LogP contribution in [-0.4, -0.2) is 16.0 Å². The van der Waals surface area contributed by atoms with Crippen LogP contribution in [0.5, 0.6) is 0 Å². The van der Waals surface area contributed by atoms with Crippen molar-refractivity contribution < 1.29 is 4.39 Å². The highest BCUT2D eigenvalue weighted by Crippen LogP contribution is 2.20. The standard InChI is InChI=1S/C11H16FN3/c12-10-7-11(14-8-13-10)15-9-5-3-1-2-4-6-9/h7-9H,1-6H2,(H,13,14,15). The molecule has 15 heavy (non-hydrogen) atoms. The van der Waals surface area contributed by atoms with Crippen molar-refractivity contribution in [3.8, 4) is 0 Å². The number of hydrogen-bond donors (Lipinski definition) is 1. The molecular formula is C11H16FN3. The normalized spacial score (nSPS) is 18.5. The summed E-state index contributed by atoms with van der Waals surface area (Å²) in [7, 11) is 0. The van der Waals surface area contributed by atoms with Crippen LogP contribution in [0.2, 0.25) is 0 Å². The quantitative estimate of drug-likeness (QED) is 0.601. The highest BCUT2D eigenvalue weighted by atomic mass is 19.1. The Kier molecular flexibility index (Phi) is 3.48. The topological polar surface area (TPSA) is 37.8 Å². The van der Waals surface area contributed by atoms with E-state index in [1.165, 1.54) is 38.1 Å². The molecule has 0 radical (unpaired) electrons. The van der Waals surface area contributed by atoms with Crippen LogP contribution in [-0.2, 0) is 0 Å². The molecule has 82 valence electrons. The lowest BCUT2D eigenvalue weighted by molar-refractivity contribution is 0.576. The molecule has 1 saturated carbocycles. The third kappa shape index (κ3) is 3.15. The summed E-state index contributed by atoms with van der Waals surface area (Å²) in [6, 6.07) is 1.80. The van der Waals surface area contributed by atoms with Gasteiger partial charge in [0.1, 0.15) is 12.1 Å². The Morgan fingerprint density at radius 3 is 2.53 bits per heavy atom. The molecule has 1 aliphatic rings. The van der Waals surface area contributed by atoms with E-state index in [4.69, 9.17) is 0 Å². The summed E-state index contributed by atoms with van der Waals surface area (Å²) in [5, 5.41) is 3.27. The first-order chi connectivity index (χ1) is 7.34. The Morgan fingerprint density at radius 2 is 1.87 bits per heavy atom. The minimum Gasteiger partial charge on any atom is -0.367 e. The Bertz CT molecular complexity index is 308. The maximum Gasteiger partial charge on any atom is 0.217 e. The molecule has 4 heteroatoms. The van der Waals surface area contributed by atoms with Gasteiger partial charge in [0.25, 0.3) is 0 Å². The first kappa shape index (κ1) is 10.3. The molecule has 0 amide bonds. The average molecular weight is 209 g/mol. The lowest BCUT2D eigenvalue weighted by Crippen LogP contribution is -2.19. The highest BCUT2D eigenvalue weighted by molar-refractivity contribution is 5.33. The molecule has 1 N–H and O–H groups in total. The molecule has 0 aromatic carbocycles. The first-order valence-corrected chi connectivity index (χ1v) is 5.59. The largest absolute Gasteiger partial charge is 0.367 e. The van der Waals surface area contributed by atoms with Crippen molar-refractivity contribution in [2.45, 2.75) is 44.6 Å². The second-order valence-corrected chi connectivity index (χ2v) is 4.06. The molecule has 1 aromatic rings. The molecule has 2 rings (SSSR count). The highest BCUT2D eigenvalue weighted by Gasteiger charge is 2.12. The van der Waals surface area contributed by atoms with Crippen LogP contribution >= 0.6 is 0 Å². The lowest BCUT2D eigenvalue weighted by atomic mass is 10.1. The number of nitrogens with one attached hydrogen (secondary N) is 1. The fraction of sp³-hybridized carbons (Fsp3) is 0.636. The van der Waals surface area contributed by atoms with Crippen LogP contribution in [0.25, 0.3) is 0 Å². The van der Waals surface area contributed by atoms with Crippen molar-refractivity contribution in [2.24, 2.45) is 0 Å². The van der Waals surface area contributed by atoms with E-state index in [0.717, 1.165) is 12.8 Å². The molecule has 1 aromatic heterocycles. The van der Waals surface area contributed by atoms with Crippen molar-refractivity contribution in [3.63, 3.8) is 0 Å². The van der Waals surface area contributed by atoms with E-state index >= 15 is 0 Å². The minimum atomic E-state index is -0.471. The number of nitrogens with zero attached hydrogens (tertiary/aromatic N) is 2. The molecule has 0 unspecified atom stereocenters. The fourth-order valence-electron chi connectivity index (χ4n) is 2.05. The lowest BCUT2D eigenvalue weighted by Gasteiger charge is -2.16. The van der Waals surface area contributed by atoms with Gasteiger partial charge in [-0.1, -0.05) is 25.7 Å². The van der Waals surface area contributed by atoms with E-state index in [1.807, 2.05) is 0 Å². The van der Waals surface area contributed by atoms with Crippen LogP contribution in [0.1, 0.15) is 38.5 Å². The molecule has 1 aliphatic carbocycles. The van der Waals surface area contributed by atoms with Gasteiger partial charge in [0.15, 0.2) is 0 Å². The number of hydrogen-bond acceptors (Lipinski definition) is 3. The molecule has 1 heterocycles. The van der Waals surface area contributed by atoms with Crippen molar-refractivity contribution in [3.05, 3.63) is 18.3 Å². The van der Waals surface area contributed by atoms with Crippen LogP contribution in [0.3, 0.4) is 0 Å². The fourth-order valence-corrected chi connectivity index (χ4v) is 2.05. The smallest absolute Gasteiger partial charge is 0.217 e. The van der Waals surface area contributed by atoms with Gasteiger partial charge in [0.2, 0.25) is 5.95 Å². The Balaban J connectivity index is 1.95. The van der Waals surface area contributed by atoms with Gasteiger partial charge in [-0.15, -0.1) is 0 Å². The molecule has 1 fully saturated rings. The maximum absolute atomic E-state index is 12.8. The summed E-state index contributed by atoms with van der Waals surface area (Å²) >= 11 is 0. The average Bonchev–Trinajstić information content (AvgIpc) is 2.46. The van der Waals surface area contributed by atoms with Crippen molar-refractivity contribution in [1.82, 2.24) is 9.97 Å². The zero-order valence-electron chi connectivity index (χ0n) is 8.75. The van der Waals surface area contributed by atoms with Crippen LogP contribution in [0.4, 0.5) is 10.2 Å². The van der Waals surface area contributed by atoms with Gasteiger partial charge in [0.05, 0.1) is 0 Å². The summed E-state index contributed by atoms with van der Waals surface area (Å²) in [6.07, 6.45) is 8.72. The van der Waals surface area contributed by atoms with Gasteiger partial charge in [-0.2, -0.15) is 4.39 Å². The molecule has 0 saturated heterocycles. The summed E-state index contributed by atoms with van der Waals surface area (Å²) < 4.78 is 12.8. The van der Waals surface area contributed by atoms with Gasteiger partial charge in [-0.25, -0.2) is 9.97 Å². The molecule has 0 spiro atoms. The summed E-state index contributed by atoms with van der Waals surface area (Å²) in [6.45, 7) is 0. The Labute approximate surface area is 89.1 Å². The first-order valence-electron chi connectivity index (χ1n) is 5.59. The molecule has 0 aliphatic heterocycles. The molecular weight excluding hydrogens is 193 g/mol. The van der Waals surface area contributed by atoms with Gasteiger partial charge >= 0.3 is 0 Å². The monoisotopic (exact) mass is 209 g/mol.